The largest absolute Gasteiger partial charge is 0.342 e. The zero-order valence-electron chi connectivity index (χ0n) is 17.8. The van der Waals surface area contributed by atoms with Crippen molar-refractivity contribution in [2.75, 3.05) is 18.8 Å². The first-order chi connectivity index (χ1) is 15.1. The molecule has 3 heterocycles. The van der Waals surface area contributed by atoms with Crippen LogP contribution in [0.2, 0.25) is 0 Å². The number of carbonyl (C=O) groups excluding carboxylic acids is 1. The maximum Gasteiger partial charge on any atom is 0.267 e. The fourth-order valence-corrected chi connectivity index (χ4v) is 6.97. The van der Waals surface area contributed by atoms with E-state index in [9.17, 15) is 9.59 Å². The molecule has 3 aromatic rings. The van der Waals surface area contributed by atoms with E-state index in [0.29, 0.717) is 16.8 Å². The maximum absolute atomic E-state index is 13.7. The molecule has 162 valence electrons. The summed E-state index contributed by atoms with van der Waals surface area (Å²) >= 11 is 3.05. The van der Waals surface area contributed by atoms with Crippen LogP contribution in [0.4, 0.5) is 0 Å². The second kappa shape index (κ2) is 8.79. The molecule has 0 spiro atoms. The van der Waals surface area contributed by atoms with Crippen LogP contribution in [0.1, 0.15) is 43.0 Å². The molecule has 7 heteroatoms. The Balaban J connectivity index is 1.56. The lowest BCUT2D eigenvalue weighted by Gasteiger charge is -2.26. The Hall–Kier alpha value is -2.12. The maximum atomic E-state index is 13.7. The third-order valence-electron chi connectivity index (χ3n) is 6.35. The molecule has 1 aliphatic carbocycles. The summed E-state index contributed by atoms with van der Waals surface area (Å²) in [5, 5.41) is 1.39. The van der Waals surface area contributed by atoms with Gasteiger partial charge in [0, 0.05) is 18.0 Å². The lowest BCUT2D eigenvalue weighted by atomic mass is 9.89. The Morgan fingerprint density at radius 3 is 2.74 bits per heavy atom. The van der Waals surface area contributed by atoms with Crippen molar-refractivity contribution in [3.63, 3.8) is 0 Å². The number of carbonyl (C=O) groups is 1. The SMILES string of the molecule is C[C@H]1CCc2c(sc3nc(SCC(=O)N4CCCCC4)n(-c4ccccc4)c(=O)c23)C1. The molecule has 5 rings (SSSR count). The summed E-state index contributed by atoms with van der Waals surface area (Å²) in [6.45, 7) is 3.96. The molecule has 1 aromatic carbocycles. The van der Waals surface area contributed by atoms with Crippen LogP contribution in [0.25, 0.3) is 15.9 Å². The predicted molar refractivity (Wildman–Crippen MR) is 128 cm³/mol. The molecule has 0 bridgehead atoms. The van der Waals surface area contributed by atoms with Crippen molar-refractivity contribution in [3.05, 3.63) is 51.1 Å². The van der Waals surface area contributed by atoms with Crippen LogP contribution in [0.5, 0.6) is 0 Å². The van der Waals surface area contributed by atoms with Crippen molar-refractivity contribution in [2.24, 2.45) is 5.92 Å². The molecule has 1 atom stereocenters. The van der Waals surface area contributed by atoms with Gasteiger partial charge in [0.1, 0.15) is 4.83 Å². The van der Waals surface area contributed by atoms with Crippen LogP contribution < -0.4 is 5.56 Å². The quantitative estimate of drug-likeness (QED) is 0.425. The van der Waals surface area contributed by atoms with Crippen molar-refractivity contribution in [3.8, 4) is 5.69 Å². The zero-order valence-corrected chi connectivity index (χ0v) is 19.4. The first kappa shape index (κ1) is 20.8. The number of aromatic nitrogens is 2. The van der Waals surface area contributed by atoms with Gasteiger partial charge in [-0.05, 0) is 62.1 Å². The molecule has 31 heavy (non-hydrogen) atoms. The number of nitrogens with zero attached hydrogens (tertiary/aromatic N) is 3. The zero-order chi connectivity index (χ0) is 21.4. The standard InChI is InChI=1S/C24H27N3O2S2/c1-16-10-11-18-19(14-16)31-22-21(18)23(29)27(17-8-4-2-5-9-17)24(25-22)30-15-20(28)26-12-6-3-7-13-26/h2,4-5,8-9,16H,3,6-7,10-15H2,1H3/t16-/m0/s1. The average molecular weight is 454 g/mol. The van der Waals surface area contributed by atoms with Crippen molar-refractivity contribution in [2.45, 2.75) is 50.6 Å². The normalized spacial score (nSPS) is 18.9. The van der Waals surface area contributed by atoms with Gasteiger partial charge >= 0.3 is 0 Å². The summed E-state index contributed by atoms with van der Waals surface area (Å²) in [5.41, 5.74) is 2.00. The van der Waals surface area contributed by atoms with E-state index in [1.54, 1.807) is 15.9 Å². The lowest BCUT2D eigenvalue weighted by Crippen LogP contribution is -2.36. The van der Waals surface area contributed by atoms with Crippen LogP contribution >= 0.6 is 23.1 Å². The van der Waals surface area contributed by atoms with Crippen LogP contribution in [-0.4, -0.2) is 39.2 Å². The number of para-hydroxylation sites is 1. The highest BCUT2D eigenvalue weighted by Gasteiger charge is 2.26. The summed E-state index contributed by atoms with van der Waals surface area (Å²) in [6, 6.07) is 9.69. The lowest BCUT2D eigenvalue weighted by molar-refractivity contribution is -0.129. The number of thioether (sulfide) groups is 1. The second-order valence-electron chi connectivity index (χ2n) is 8.63. The first-order valence-electron chi connectivity index (χ1n) is 11.1. The molecule has 0 unspecified atom stereocenters. The fraction of sp³-hybridized carbons (Fsp3) is 0.458. The van der Waals surface area contributed by atoms with Gasteiger partial charge in [0.15, 0.2) is 5.16 Å². The summed E-state index contributed by atoms with van der Waals surface area (Å²) in [7, 11) is 0. The Bertz CT molecular complexity index is 1160. The highest BCUT2D eigenvalue weighted by Crippen LogP contribution is 2.37. The fourth-order valence-electron chi connectivity index (χ4n) is 4.63. The van der Waals surface area contributed by atoms with Crippen molar-refractivity contribution in [1.29, 1.82) is 0 Å². The minimum absolute atomic E-state index is 0.00354. The smallest absolute Gasteiger partial charge is 0.267 e. The Kier molecular flexibility index (Phi) is 5.89. The number of benzene rings is 1. The number of hydrogen-bond acceptors (Lipinski definition) is 5. The van der Waals surface area contributed by atoms with E-state index in [1.807, 2.05) is 35.2 Å². The number of rotatable bonds is 4. The molecule has 1 amide bonds. The van der Waals surface area contributed by atoms with Gasteiger partial charge in [-0.25, -0.2) is 4.98 Å². The van der Waals surface area contributed by atoms with Gasteiger partial charge in [0.25, 0.3) is 5.56 Å². The van der Waals surface area contributed by atoms with Gasteiger partial charge in [-0.2, -0.15) is 0 Å². The molecule has 0 N–H and O–H groups in total. The summed E-state index contributed by atoms with van der Waals surface area (Å²) in [5.74, 6) is 1.10. The van der Waals surface area contributed by atoms with Crippen LogP contribution in [0.3, 0.4) is 0 Å². The first-order valence-corrected chi connectivity index (χ1v) is 13.0. The van der Waals surface area contributed by atoms with Crippen LogP contribution in [-0.2, 0) is 17.6 Å². The molecule has 1 saturated heterocycles. The minimum atomic E-state index is -0.00354. The van der Waals surface area contributed by atoms with E-state index in [1.165, 1.54) is 28.6 Å². The third kappa shape index (κ3) is 4.05. The molecule has 0 radical (unpaired) electrons. The molecule has 5 nitrogen and oxygen atoms in total. The van der Waals surface area contributed by atoms with E-state index < -0.39 is 0 Å². The molecule has 0 saturated carbocycles. The Morgan fingerprint density at radius 1 is 1.19 bits per heavy atom. The van der Waals surface area contributed by atoms with Gasteiger partial charge in [-0.15, -0.1) is 11.3 Å². The second-order valence-corrected chi connectivity index (χ2v) is 10.7. The Morgan fingerprint density at radius 2 is 1.97 bits per heavy atom. The molecule has 1 fully saturated rings. The molecule has 2 aromatic heterocycles. The molecular weight excluding hydrogens is 426 g/mol. The number of amides is 1. The third-order valence-corrected chi connectivity index (χ3v) is 8.42. The van der Waals surface area contributed by atoms with E-state index in [2.05, 4.69) is 6.92 Å². The number of hydrogen-bond donors (Lipinski definition) is 0. The van der Waals surface area contributed by atoms with Crippen molar-refractivity contribution in [1.82, 2.24) is 14.5 Å². The van der Waals surface area contributed by atoms with Crippen molar-refractivity contribution < 1.29 is 4.79 Å². The summed E-state index contributed by atoms with van der Waals surface area (Å²) < 4.78 is 1.71. The van der Waals surface area contributed by atoms with Crippen LogP contribution in [0.15, 0.2) is 40.3 Å². The van der Waals surface area contributed by atoms with E-state index in [-0.39, 0.29) is 11.5 Å². The summed E-state index contributed by atoms with van der Waals surface area (Å²) in [4.78, 5) is 35.5. The summed E-state index contributed by atoms with van der Waals surface area (Å²) in [6.07, 6.45) is 6.44. The Labute approximate surface area is 190 Å². The average Bonchev–Trinajstić information content (AvgIpc) is 3.16. The number of fused-ring (bicyclic) bond motifs is 3. The monoisotopic (exact) mass is 453 g/mol. The van der Waals surface area contributed by atoms with Crippen molar-refractivity contribution >= 4 is 39.2 Å². The van der Waals surface area contributed by atoms with E-state index in [4.69, 9.17) is 4.98 Å². The highest BCUT2D eigenvalue weighted by atomic mass is 32.2. The van der Waals surface area contributed by atoms with Gasteiger partial charge in [-0.3, -0.25) is 14.2 Å². The van der Waals surface area contributed by atoms with Gasteiger partial charge < -0.3 is 4.90 Å². The molecule has 1 aliphatic heterocycles. The van der Waals surface area contributed by atoms with Gasteiger partial charge in [0.05, 0.1) is 16.8 Å². The van der Waals surface area contributed by atoms with Gasteiger partial charge in [0.2, 0.25) is 5.91 Å². The topological polar surface area (TPSA) is 55.2 Å². The van der Waals surface area contributed by atoms with E-state index >= 15 is 0 Å². The number of likely N-dealkylation sites (tertiary alicyclic amines) is 1. The minimum Gasteiger partial charge on any atom is -0.342 e. The van der Waals surface area contributed by atoms with Gasteiger partial charge in [-0.1, -0.05) is 36.9 Å². The highest BCUT2D eigenvalue weighted by molar-refractivity contribution is 7.99. The number of piperidine rings is 1. The molecule has 2 aliphatic rings. The number of thiophene rings is 1. The molecular formula is C24H27N3O2S2. The van der Waals surface area contributed by atoms with Crippen LogP contribution in [0, 0.1) is 5.92 Å². The predicted octanol–water partition coefficient (Wildman–Crippen LogP) is 4.68. The van der Waals surface area contributed by atoms with E-state index in [0.717, 1.165) is 61.1 Å². The number of aryl methyl sites for hydroxylation is 1.